The molecule has 2 saturated carbocycles. The SMILES string of the molecule is O=C1C(=O)N(C2C[C@@H]3C[C@@H]3C2)CCN1Cc1cc(-c2ccccc2)no1. The molecule has 1 saturated heterocycles. The number of fused-ring (bicyclic) bond motifs is 1. The first-order valence-corrected chi connectivity index (χ1v) is 9.30. The molecular formula is C20H21N3O3. The minimum Gasteiger partial charge on any atom is -0.359 e. The number of nitrogens with zero attached hydrogens (tertiary/aromatic N) is 3. The van der Waals surface area contributed by atoms with Crippen molar-refractivity contribution in [3.8, 4) is 11.3 Å². The van der Waals surface area contributed by atoms with E-state index >= 15 is 0 Å². The van der Waals surface area contributed by atoms with Gasteiger partial charge in [0.2, 0.25) is 0 Å². The van der Waals surface area contributed by atoms with Crippen LogP contribution in [0.15, 0.2) is 40.9 Å². The van der Waals surface area contributed by atoms with Crippen molar-refractivity contribution in [2.45, 2.75) is 31.8 Å². The van der Waals surface area contributed by atoms with Crippen molar-refractivity contribution in [2.24, 2.45) is 11.8 Å². The molecule has 134 valence electrons. The van der Waals surface area contributed by atoms with Gasteiger partial charge in [0.05, 0.1) is 6.54 Å². The van der Waals surface area contributed by atoms with E-state index in [0.717, 1.165) is 35.9 Å². The van der Waals surface area contributed by atoms with Gasteiger partial charge in [0.25, 0.3) is 0 Å². The van der Waals surface area contributed by atoms with Gasteiger partial charge in [0, 0.05) is 30.8 Å². The van der Waals surface area contributed by atoms with Crippen LogP contribution in [-0.4, -0.2) is 45.9 Å². The molecule has 26 heavy (non-hydrogen) atoms. The van der Waals surface area contributed by atoms with E-state index in [9.17, 15) is 9.59 Å². The zero-order valence-corrected chi connectivity index (χ0v) is 14.5. The first-order valence-electron chi connectivity index (χ1n) is 9.30. The highest BCUT2D eigenvalue weighted by Crippen LogP contribution is 2.53. The van der Waals surface area contributed by atoms with Crippen LogP contribution < -0.4 is 0 Å². The molecule has 3 aliphatic rings. The Balaban J connectivity index is 1.25. The average Bonchev–Trinajstić information content (AvgIpc) is 3.06. The molecule has 1 unspecified atom stereocenters. The van der Waals surface area contributed by atoms with Gasteiger partial charge in [-0.15, -0.1) is 0 Å². The molecule has 3 fully saturated rings. The van der Waals surface area contributed by atoms with Crippen LogP contribution in [0.25, 0.3) is 11.3 Å². The summed E-state index contributed by atoms with van der Waals surface area (Å²) in [5.74, 6) is 1.42. The van der Waals surface area contributed by atoms with Crippen molar-refractivity contribution >= 4 is 11.8 Å². The van der Waals surface area contributed by atoms with Gasteiger partial charge in [-0.2, -0.15) is 0 Å². The first-order chi connectivity index (χ1) is 12.7. The maximum absolute atomic E-state index is 12.5. The molecule has 2 heterocycles. The molecule has 1 aromatic carbocycles. The second kappa shape index (κ2) is 5.97. The van der Waals surface area contributed by atoms with E-state index in [0.29, 0.717) is 18.8 Å². The highest BCUT2D eigenvalue weighted by Gasteiger charge is 2.50. The van der Waals surface area contributed by atoms with E-state index in [1.54, 1.807) is 9.80 Å². The number of hydrogen-bond donors (Lipinski definition) is 0. The summed E-state index contributed by atoms with van der Waals surface area (Å²) in [6, 6.07) is 11.9. The minimum absolute atomic E-state index is 0.271. The fourth-order valence-electron chi connectivity index (χ4n) is 4.45. The molecule has 6 nitrogen and oxygen atoms in total. The molecule has 0 spiro atoms. The number of carbonyl (C=O) groups excluding carboxylic acids is 2. The molecule has 6 heteroatoms. The van der Waals surface area contributed by atoms with Crippen LogP contribution >= 0.6 is 0 Å². The van der Waals surface area contributed by atoms with Crippen molar-refractivity contribution in [1.29, 1.82) is 0 Å². The standard InChI is InChI=1S/C20H21N3O3/c24-19-20(25)23(16-9-14-8-15(14)10-16)7-6-22(19)12-17-11-18(21-26-17)13-4-2-1-3-5-13/h1-5,11,14-16H,6-10,12H2/t14-,15+,16?. The smallest absolute Gasteiger partial charge is 0.312 e. The molecule has 0 N–H and O–H groups in total. The molecule has 3 atom stereocenters. The van der Waals surface area contributed by atoms with E-state index < -0.39 is 5.91 Å². The van der Waals surface area contributed by atoms with Gasteiger partial charge in [-0.25, -0.2) is 0 Å². The molecule has 0 bridgehead atoms. The van der Waals surface area contributed by atoms with E-state index in [1.165, 1.54) is 6.42 Å². The van der Waals surface area contributed by atoms with Crippen LogP contribution in [0.2, 0.25) is 0 Å². The van der Waals surface area contributed by atoms with Crippen LogP contribution in [0.1, 0.15) is 25.0 Å². The minimum atomic E-state index is -0.422. The monoisotopic (exact) mass is 351 g/mol. The zero-order valence-electron chi connectivity index (χ0n) is 14.5. The second-order valence-corrected chi connectivity index (χ2v) is 7.65. The number of benzene rings is 1. The molecule has 1 aliphatic heterocycles. The van der Waals surface area contributed by atoms with Gasteiger partial charge >= 0.3 is 11.8 Å². The maximum atomic E-state index is 12.5. The zero-order chi connectivity index (χ0) is 17.7. The van der Waals surface area contributed by atoms with Crippen LogP contribution in [-0.2, 0) is 16.1 Å². The Labute approximate surface area is 151 Å². The Bertz CT molecular complexity index is 837. The van der Waals surface area contributed by atoms with Gasteiger partial charge in [-0.1, -0.05) is 35.5 Å². The van der Waals surface area contributed by atoms with E-state index in [1.807, 2.05) is 36.4 Å². The highest BCUT2D eigenvalue weighted by molar-refractivity contribution is 6.35. The molecule has 5 rings (SSSR count). The molecule has 1 aromatic heterocycles. The summed E-state index contributed by atoms with van der Waals surface area (Å²) in [5, 5.41) is 4.08. The molecular weight excluding hydrogens is 330 g/mol. The Kier molecular flexibility index (Phi) is 3.58. The quantitative estimate of drug-likeness (QED) is 0.793. The largest absolute Gasteiger partial charge is 0.359 e. The molecule has 0 radical (unpaired) electrons. The van der Waals surface area contributed by atoms with E-state index in [-0.39, 0.29) is 18.5 Å². The summed E-state index contributed by atoms with van der Waals surface area (Å²) in [6.45, 7) is 1.46. The highest BCUT2D eigenvalue weighted by atomic mass is 16.5. The lowest BCUT2D eigenvalue weighted by Crippen LogP contribution is -2.56. The lowest BCUT2D eigenvalue weighted by molar-refractivity contribution is -0.158. The van der Waals surface area contributed by atoms with Crippen LogP contribution in [0.4, 0.5) is 0 Å². The van der Waals surface area contributed by atoms with Gasteiger partial charge in [-0.3, -0.25) is 9.59 Å². The van der Waals surface area contributed by atoms with Crippen LogP contribution in [0.5, 0.6) is 0 Å². The normalized spacial score (nSPS) is 27.8. The number of hydrogen-bond acceptors (Lipinski definition) is 4. The summed E-state index contributed by atoms with van der Waals surface area (Å²) < 4.78 is 5.38. The Hall–Kier alpha value is -2.63. The summed E-state index contributed by atoms with van der Waals surface area (Å²) in [7, 11) is 0. The maximum Gasteiger partial charge on any atom is 0.312 e. The molecule has 2 aromatic rings. The first kappa shape index (κ1) is 15.6. The van der Waals surface area contributed by atoms with Crippen molar-refractivity contribution in [1.82, 2.24) is 15.0 Å². The Morgan fingerprint density at radius 2 is 1.77 bits per heavy atom. The summed E-state index contributed by atoms with van der Waals surface area (Å²) in [4.78, 5) is 28.5. The van der Waals surface area contributed by atoms with Crippen LogP contribution in [0.3, 0.4) is 0 Å². The van der Waals surface area contributed by atoms with E-state index in [2.05, 4.69) is 5.16 Å². The van der Waals surface area contributed by atoms with Crippen LogP contribution in [0, 0.1) is 11.8 Å². The number of piperazine rings is 1. The molecule has 2 aliphatic carbocycles. The third kappa shape index (κ3) is 2.69. The summed E-state index contributed by atoms with van der Waals surface area (Å²) in [6.07, 6.45) is 3.46. The van der Waals surface area contributed by atoms with Gasteiger partial charge in [-0.05, 0) is 31.1 Å². The summed E-state index contributed by atoms with van der Waals surface area (Å²) >= 11 is 0. The predicted molar refractivity (Wildman–Crippen MR) is 93.7 cm³/mol. The Morgan fingerprint density at radius 1 is 1.00 bits per heavy atom. The van der Waals surface area contributed by atoms with Gasteiger partial charge < -0.3 is 14.3 Å². The van der Waals surface area contributed by atoms with Crippen molar-refractivity contribution in [2.75, 3.05) is 13.1 Å². The fraction of sp³-hybridized carbons (Fsp3) is 0.450. The number of aromatic nitrogens is 1. The van der Waals surface area contributed by atoms with Crippen molar-refractivity contribution < 1.29 is 14.1 Å². The Morgan fingerprint density at radius 3 is 2.54 bits per heavy atom. The second-order valence-electron chi connectivity index (χ2n) is 7.65. The fourth-order valence-corrected chi connectivity index (χ4v) is 4.45. The number of amides is 2. The number of carbonyl (C=O) groups is 2. The third-order valence-electron chi connectivity index (χ3n) is 5.98. The van der Waals surface area contributed by atoms with Gasteiger partial charge in [0.15, 0.2) is 5.76 Å². The van der Waals surface area contributed by atoms with Crippen molar-refractivity contribution in [3.05, 3.63) is 42.2 Å². The van der Waals surface area contributed by atoms with Crippen molar-refractivity contribution in [3.63, 3.8) is 0 Å². The average molecular weight is 351 g/mol. The summed E-state index contributed by atoms with van der Waals surface area (Å²) in [5.41, 5.74) is 1.71. The third-order valence-corrected chi connectivity index (χ3v) is 5.98. The molecule has 2 amide bonds. The number of rotatable bonds is 4. The topological polar surface area (TPSA) is 66.7 Å². The lowest BCUT2D eigenvalue weighted by Gasteiger charge is -2.37. The lowest BCUT2D eigenvalue weighted by atomic mass is 10.1. The van der Waals surface area contributed by atoms with Gasteiger partial charge in [0.1, 0.15) is 5.69 Å². The van der Waals surface area contributed by atoms with E-state index in [4.69, 9.17) is 4.52 Å². The predicted octanol–water partition coefficient (Wildman–Crippen LogP) is 2.31.